The van der Waals surface area contributed by atoms with Crippen LogP contribution < -0.4 is 22.9 Å². The Kier molecular flexibility index (Phi) is 20.0. The van der Waals surface area contributed by atoms with E-state index in [9.17, 15) is 33.7 Å². The molecule has 13 N–H and O–H groups in total. The molecule has 0 aliphatic heterocycles. The summed E-state index contributed by atoms with van der Waals surface area (Å²) in [5.74, 6) is -1.43. The van der Waals surface area contributed by atoms with Crippen molar-refractivity contribution in [2.45, 2.75) is 19.6 Å². The van der Waals surface area contributed by atoms with Crippen molar-refractivity contribution in [3.05, 3.63) is 97.1 Å². The van der Waals surface area contributed by atoms with Crippen molar-refractivity contribution in [2.75, 3.05) is 22.9 Å². The topological polar surface area (TPSA) is 376 Å². The summed E-state index contributed by atoms with van der Waals surface area (Å²) in [6.07, 6.45) is -0.167. The van der Waals surface area contributed by atoms with Crippen molar-refractivity contribution in [3.63, 3.8) is 0 Å². The van der Waals surface area contributed by atoms with E-state index in [1.165, 1.54) is 97.1 Å². The summed E-state index contributed by atoms with van der Waals surface area (Å²) >= 11 is 0. The quantitative estimate of drug-likeness (QED) is 0.0451. The Bertz CT molecular complexity index is 1820. The van der Waals surface area contributed by atoms with Crippen molar-refractivity contribution in [2.24, 2.45) is 0 Å². The number of hydrogen-bond donors (Lipinski definition) is 9. The molecular weight excluding hydrogens is 784 g/mol. The Morgan fingerprint density at radius 2 is 0.540 bits per heavy atom. The monoisotopic (exact) mass is 814 g/mol. The molecule has 0 radical (unpaired) electrons. The second-order valence-corrected chi connectivity index (χ2v) is 14.3. The fourth-order valence-electron chi connectivity index (χ4n) is 2.56. The third kappa shape index (κ3) is 20.8. The van der Waals surface area contributed by atoms with E-state index in [0.29, 0.717) is 22.7 Å². The SMILES string of the molecule is Nc1ccc(S(=O)(=O)O)cc1.Nc1ccc(S(=O)(=O)O)cc1.Nc1ccc(S(=O)(=O)O)cc1.Nc1ccc(S(=O)(=O)O)cc1.O=CC(=O)O.[Ti]. The normalized spacial score (nSPS) is 10.6. The van der Waals surface area contributed by atoms with E-state index >= 15 is 0 Å². The molecule has 0 aromatic heterocycles. The Morgan fingerprint density at radius 3 is 0.620 bits per heavy atom. The van der Waals surface area contributed by atoms with Gasteiger partial charge in [0.25, 0.3) is 40.5 Å². The van der Waals surface area contributed by atoms with Gasteiger partial charge in [0.1, 0.15) is 0 Å². The van der Waals surface area contributed by atoms with Crippen molar-refractivity contribution in [3.8, 4) is 0 Å². The molecule has 24 heteroatoms. The van der Waals surface area contributed by atoms with Gasteiger partial charge in [0.15, 0.2) is 0 Å². The number of hydrogen-bond acceptors (Lipinski definition) is 14. The Morgan fingerprint density at radius 1 is 0.420 bits per heavy atom. The summed E-state index contributed by atoms with van der Waals surface area (Å²) in [6.45, 7) is 0. The average Bonchev–Trinajstić information content (AvgIpc) is 2.97. The number of carboxylic acid groups (broad SMARTS) is 1. The number of benzene rings is 4. The predicted octanol–water partition coefficient (Wildman–Crippen LogP) is 1.33. The van der Waals surface area contributed by atoms with Crippen LogP contribution in [0.4, 0.5) is 22.7 Å². The van der Waals surface area contributed by atoms with Gasteiger partial charge < -0.3 is 28.0 Å². The molecule has 0 bridgehead atoms. The number of nitrogen functional groups attached to an aromatic ring is 4. The first-order valence-electron chi connectivity index (χ1n) is 12.3. The smallest absolute Gasteiger partial charge is 0.368 e. The minimum absolute atomic E-state index is 0. The Labute approximate surface area is 301 Å². The van der Waals surface area contributed by atoms with Gasteiger partial charge in [-0.25, -0.2) is 4.79 Å². The van der Waals surface area contributed by atoms with Crippen LogP contribution in [0, 0.1) is 0 Å². The van der Waals surface area contributed by atoms with Gasteiger partial charge in [-0.1, -0.05) is 0 Å². The van der Waals surface area contributed by atoms with E-state index < -0.39 is 46.4 Å². The van der Waals surface area contributed by atoms with Crippen LogP contribution in [-0.4, -0.2) is 69.2 Å². The average molecular weight is 815 g/mol. The summed E-state index contributed by atoms with van der Waals surface area (Å²) in [4.78, 5) is 17.3. The molecule has 4 aromatic carbocycles. The molecule has 0 fully saturated rings. The fourth-order valence-corrected chi connectivity index (χ4v) is 4.48. The van der Waals surface area contributed by atoms with Gasteiger partial charge in [-0.3, -0.25) is 23.0 Å². The summed E-state index contributed by atoms with van der Waals surface area (Å²) in [7, 11) is -16.3. The van der Waals surface area contributed by atoms with E-state index in [-0.39, 0.29) is 47.6 Å². The number of carbonyl (C=O) groups excluding carboxylic acids is 1. The molecule has 272 valence electrons. The van der Waals surface area contributed by atoms with Crippen molar-refractivity contribution in [1.29, 1.82) is 0 Å². The minimum atomic E-state index is -4.08. The van der Waals surface area contributed by atoms with Crippen LogP contribution in [-0.2, 0) is 71.8 Å². The zero-order valence-electron chi connectivity index (χ0n) is 25.1. The zero-order valence-corrected chi connectivity index (χ0v) is 29.9. The molecule has 0 saturated carbocycles. The maximum absolute atomic E-state index is 10.5. The molecule has 50 heavy (non-hydrogen) atoms. The van der Waals surface area contributed by atoms with E-state index in [2.05, 4.69) is 0 Å². The summed E-state index contributed by atoms with van der Waals surface area (Å²) in [5.41, 5.74) is 23.0. The van der Waals surface area contributed by atoms with Crippen LogP contribution in [0.25, 0.3) is 0 Å². The molecule has 19 nitrogen and oxygen atoms in total. The van der Waals surface area contributed by atoms with Crippen molar-refractivity contribution in [1.82, 2.24) is 0 Å². The maximum Gasteiger partial charge on any atom is 0.368 e. The molecule has 0 unspecified atom stereocenters. The largest absolute Gasteiger partial charge is 0.476 e. The van der Waals surface area contributed by atoms with E-state index in [0.717, 1.165) is 0 Å². The van der Waals surface area contributed by atoms with Gasteiger partial charge in [-0.05, 0) is 97.1 Å². The molecule has 0 heterocycles. The maximum atomic E-state index is 10.5. The number of rotatable bonds is 5. The van der Waals surface area contributed by atoms with Gasteiger partial charge in [-0.2, -0.15) is 33.7 Å². The van der Waals surface area contributed by atoms with E-state index in [4.69, 9.17) is 55.8 Å². The van der Waals surface area contributed by atoms with Crippen LogP contribution in [0.2, 0.25) is 0 Å². The second-order valence-electron chi connectivity index (χ2n) is 8.63. The van der Waals surface area contributed by atoms with Crippen LogP contribution >= 0.6 is 0 Å². The first kappa shape index (κ1) is 47.7. The molecule has 4 aromatic rings. The molecule has 0 amide bonds. The molecule has 4 rings (SSSR count). The Balaban J connectivity index is 0. The second kappa shape index (κ2) is 20.9. The number of anilines is 4. The van der Waals surface area contributed by atoms with Gasteiger partial charge in [0.2, 0.25) is 6.29 Å². The number of aldehydes is 1. The van der Waals surface area contributed by atoms with Gasteiger partial charge in [0, 0.05) is 44.5 Å². The summed E-state index contributed by atoms with van der Waals surface area (Å²) in [6, 6.07) is 21.2. The first-order valence-corrected chi connectivity index (χ1v) is 18.0. The molecule has 0 aliphatic rings. The molecule has 0 aliphatic carbocycles. The number of carboxylic acids is 1. The van der Waals surface area contributed by atoms with Crippen LogP contribution in [0.5, 0.6) is 0 Å². The number of aliphatic carboxylic acids is 1. The van der Waals surface area contributed by atoms with Crippen LogP contribution in [0.3, 0.4) is 0 Å². The standard InChI is InChI=1S/4C6H7NO3S.C2H2O3.Ti/c4*7-5-1-3-6(4-2-5)11(8,9)10;3-1-2(4)5;/h4*1-4H,7H2,(H,8,9,10);1H,(H,4,5);. The minimum Gasteiger partial charge on any atom is -0.476 e. The van der Waals surface area contributed by atoms with Crippen LogP contribution in [0.15, 0.2) is 117 Å². The fraction of sp³-hybridized carbons (Fsp3) is 0. The third-order valence-corrected chi connectivity index (χ3v) is 8.28. The van der Waals surface area contributed by atoms with Gasteiger partial charge in [0.05, 0.1) is 19.6 Å². The van der Waals surface area contributed by atoms with Crippen LogP contribution in [0.1, 0.15) is 0 Å². The third-order valence-electron chi connectivity index (χ3n) is 4.81. The molecule has 0 saturated heterocycles. The van der Waals surface area contributed by atoms with Crippen molar-refractivity contribution >= 4 is 75.5 Å². The van der Waals surface area contributed by atoms with E-state index in [1.807, 2.05) is 0 Å². The summed E-state index contributed by atoms with van der Waals surface area (Å²) < 4.78 is 118. The van der Waals surface area contributed by atoms with Crippen molar-refractivity contribution < 1.29 is 88.3 Å². The van der Waals surface area contributed by atoms with Gasteiger partial charge >= 0.3 is 5.97 Å². The van der Waals surface area contributed by atoms with Gasteiger partial charge in [-0.15, -0.1) is 0 Å². The molecule has 0 atom stereocenters. The zero-order chi connectivity index (χ0) is 38.2. The van der Waals surface area contributed by atoms with E-state index in [1.54, 1.807) is 0 Å². The molecular formula is C26H30N4O15S4Ti. The number of nitrogens with two attached hydrogens (primary N) is 4. The first-order chi connectivity index (χ1) is 22.3. The molecule has 0 spiro atoms. The Hall–Kier alpha value is -4.43. The summed E-state index contributed by atoms with van der Waals surface area (Å²) in [5, 5.41) is 7.35. The predicted molar refractivity (Wildman–Crippen MR) is 176 cm³/mol. The number of carbonyl (C=O) groups is 2.